The zero-order valence-corrected chi connectivity index (χ0v) is 12.4. The fourth-order valence-corrected chi connectivity index (χ4v) is 1.78. The number of rotatable bonds is 7. The molecular weight excluding hydrogens is 261 g/mol. The number of benzene rings is 1. The summed E-state index contributed by atoms with van der Waals surface area (Å²) in [5.41, 5.74) is -0.243. The molecule has 0 radical (unpaired) electrons. The highest BCUT2D eigenvalue weighted by Crippen LogP contribution is 2.21. The molecule has 0 aromatic heterocycles. The quantitative estimate of drug-likeness (QED) is 0.782. The molecule has 0 aliphatic carbocycles. The summed E-state index contributed by atoms with van der Waals surface area (Å²) in [6.45, 7) is 5.74. The van der Waals surface area contributed by atoms with E-state index in [-0.39, 0.29) is 12.3 Å². The number of carbonyl (C=O) groups is 1. The lowest BCUT2D eigenvalue weighted by Crippen LogP contribution is -2.39. The summed E-state index contributed by atoms with van der Waals surface area (Å²) in [6, 6.07) is 5.56. The summed E-state index contributed by atoms with van der Waals surface area (Å²) >= 11 is 0. The number of methoxy groups -OCH3 is 1. The van der Waals surface area contributed by atoms with E-state index >= 15 is 0 Å². The Morgan fingerprint density at radius 1 is 1.40 bits per heavy atom. The van der Waals surface area contributed by atoms with Crippen molar-refractivity contribution >= 4 is 11.7 Å². The first-order valence-electron chi connectivity index (χ1n) is 6.62. The van der Waals surface area contributed by atoms with Gasteiger partial charge >= 0.3 is 5.97 Å². The van der Waals surface area contributed by atoms with Crippen molar-refractivity contribution in [1.82, 2.24) is 0 Å². The number of hydrogen-bond acceptors (Lipinski definition) is 4. The van der Waals surface area contributed by atoms with E-state index in [0.717, 1.165) is 0 Å². The predicted octanol–water partition coefficient (Wildman–Crippen LogP) is 2.98. The number of esters is 1. The topological polar surface area (TPSA) is 47.6 Å². The van der Waals surface area contributed by atoms with Gasteiger partial charge in [0, 0.05) is 13.5 Å². The molecule has 0 fully saturated rings. The van der Waals surface area contributed by atoms with Gasteiger partial charge in [-0.05, 0) is 32.9 Å². The van der Waals surface area contributed by atoms with Crippen molar-refractivity contribution in [3.63, 3.8) is 0 Å². The zero-order valence-electron chi connectivity index (χ0n) is 12.4. The van der Waals surface area contributed by atoms with Gasteiger partial charge in [0.1, 0.15) is 11.9 Å². The molecule has 1 aromatic rings. The number of nitrogens with one attached hydrogen (secondary N) is 1. The predicted molar refractivity (Wildman–Crippen MR) is 76.1 cm³/mol. The third-order valence-corrected chi connectivity index (χ3v) is 3.02. The van der Waals surface area contributed by atoms with Crippen LogP contribution >= 0.6 is 0 Å². The molecule has 0 heterocycles. The molecule has 0 aliphatic rings. The number of para-hydroxylation sites is 1. The second-order valence-electron chi connectivity index (χ2n) is 5.10. The summed E-state index contributed by atoms with van der Waals surface area (Å²) in [5, 5.41) is 2.89. The van der Waals surface area contributed by atoms with Crippen LogP contribution in [-0.2, 0) is 14.3 Å². The van der Waals surface area contributed by atoms with Crippen LogP contribution < -0.4 is 5.32 Å². The Morgan fingerprint density at radius 3 is 2.60 bits per heavy atom. The molecule has 5 heteroatoms. The highest BCUT2D eigenvalue weighted by atomic mass is 19.1. The van der Waals surface area contributed by atoms with Gasteiger partial charge in [-0.3, -0.25) is 0 Å². The lowest BCUT2D eigenvalue weighted by Gasteiger charge is -2.28. The maximum atomic E-state index is 13.7. The molecule has 0 saturated carbocycles. The smallest absolute Gasteiger partial charge is 0.328 e. The molecule has 1 rings (SSSR count). The highest BCUT2D eigenvalue weighted by Gasteiger charge is 2.29. The molecule has 4 nitrogen and oxygen atoms in total. The van der Waals surface area contributed by atoms with Crippen molar-refractivity contribution in [3.05, 3.63) is 30.1 Å². The number of carbonyl (C=O) groups excluding carboxylic acids is 1. The molecule has 0 spiro atoms. The van der Waals surface area contributed by atoms with E-state index in [1.165, 1.54) is 6.07 Å². The van der Waals surface area contributed by atoms with E-state index in [0.29, 0.717) is 6.42 Å². The first kappa shape index (κ1) is 16.4. The van der Waals surface area contributed by atoms with Crippen molar-refractivity contribution in [3.8, 4) is 0 Å². The second kappa shape index (κ2) is 7.24. The Labute approximate surface area is 119 Å². The molecule has 20 heavy (non-hydrogen) atoms. The van der Waals surface area contributed by atoms with Crippen LogP contribution in [-0.4, -0.2) is 31.3 Å². The molecule has 0 aliphatic heterocycles. The van der Waals surface area contributed by atoms with Gasteiger partial charge in [-0.1, -0.05) is 12.1 Å². The Morgan fingerprint density at radius 2 is 2.05 bits per heavy atom. The first-order chi connectivity index (χ1) is 9.39. The van der Waals surface area contributed by atoms with Gasteiger partial charge in [0.15, 0.2) is 0 Å². The Hall–Kier alpha value is -1.62. The van der Waals surface area contributed by atoms with E-state index in [2.05, 4.69) is 5.32 Å². The van der Waals surface area contributed by atoms with Gasteiger partial charge in [-0.15, -0.1) is 0 Å². The van der Waals surface area contributed by atoms with E-state index in [9.17, 15) is 9.18 Å². The third-order valence-electron chi connectivity index (χ3n) is 3.02. The molecule has 1 aromatic carbocycles. The van der Waals surface area contributed by atoms with Crippen LogP contribution in [0.2, 0.25) is 0 Å². The van der Waals surface area contributed by atoms with Crippen molar-refractivity contribution < 1.29 is 18.7 Å². The van der Waals surface area contributed by atoms with Crippen LogP contribution in [0, 0.1) is 5.82 Å². The molecule has 1 unspecified atom stereocenters. The minimum atomic E-state index is -0.665. The van der Waals surface area contributed by atoms with Crippen LogP contribution in [0.5, 0.6) is 0 Å². The largest absolute Gasteiger partial charge is 0.464 e. The maximum Gasteiger partial charge on any atom is 0.328 e. The Bertz CT molecular complexity index is 448. The van der Waals surface area contributed by atoms with Crippen LogP contribution in [0.1, 0.15) is 27.2 Å². The van der Waals surface area contributed by atoms with Crippen molar-refractivity contribution in [2.45, 2.75) is 38.8 Å². The standard InChI is InChI=1S/C15H22FNO3/c1-5-20-14(18)13(10-15(2,3)19-4)17-12-9-7-6-8-11(12)16/h6-9,13,17H,5,10H2,1-4H3. The van der Waals surface area contributed by atoms with Gasteiger partial charge in [0.2, 0.25) is 0 Å². The average Bonchev–Trinajstić information content (AvgIpc) is 2.40. The fraction of sp³-hybridized carbons (Fsp3) is 0.533. The maximum absolute atomic E-state index is 13.7. The van der Waals surface area contributed by atoms with Crippen molar-refractivity contribution in [2.75, 3.05) is 19.0 Å². The minimum Gasteiger partial charge on any atom is -0.464 e. The normalized spacial score (nSPS) is 12.8. The van der Waals surface area contributed by atoms with Crippen molar-refractivity contribution in [2.24, 2.45) is 0 Å². The molecule has 1 atom stereocenters. The number of ether oxygens (including phenoxy) is 2. The van der Waals surface area contributed by atoms with Gasteiger partial charge in [0.25, 0.3) is 0 Å². The SMILES string of the molecule is CCOC(=O)C(CC(C)(C)OC)Nc1ccccc1F. The number of hydrogen-bond donors (Lipinski definition) is 1. The molecule has 0 amide bonds. The molecule has 1 N–H and O–H groups in total. The number of halogens is 1. The van der Waals surface area contributed by atoms with Crippen LogP contribution in [0.15, 0.2) is 24.3 Å². The highest BCUT2D eigenvalue weighted by molar-refractivity contribution is 5.79. The summed E-state index contributed by atoms with van der Waals surface area (Å²) in [7, 11) is 1.57. The second-order valence-corrected chi connectivity index (χ2v) is 5.10. The molecule has 0 saturated heterocycles. The number of anilines is 1. The lowest BCUT2D eigenvalue weighted by atomic mass is 9.98. The Kier molecular flexibility index (Phi) is 5.95. The van der Waals surface area contributed by atoms with E-state index in [4.69, 9.17) is 9.47 Å². The summed E-state index contributed by atoms with van der Waals surface area (Å²) in [6.07, 6.45) is 0.372. The average molecular weight is 283 g/mol. The first-order valence-corrected chi connectivity index (χ1v) is 6.62. The van der Waals surface area contributed by atoms with Gasteiger partial charge in [-0.25, -0.2) is 9.18 Å². The zero-order chi connectivity index (χ0) is 15.2. The van der Waals surface area contributed by atoms with Crippen LogP contribution in [0.25, 0.3) is 0 Å². The van der Waals surface area contributed by atoms with E-state index < -0.39 is 23.4 Å². The lowest BCUT2D eigenvalue weighted by molar-refractivity contribution is -0.145. The van der Waals surface area contributed by atoms with Crippen molar-refractivity contribution in [1.29, 1.82) is 0 Å². The fourth-order valence-electron chi connectivity index (χ4n) is 1.78. The summed E-state index contributed by atoms with van der Waals surface area (Å²) in [5.74, 6) is -0.821. The van der Waals surface area contributed by atoms with E-state index in [1.807, 2.05) is 13.8 Å². The van der Waals surface area contributed by atoms with Crippen LogP contribution in [0.4, 0.5) is 10.1 Å². The molecular formula is C15H22FNO3. The molecule has 112 valence electrons. The van der Waals surface area contributed by atoms with E-state index in [1.54, 1.807) is 32.2 Å². The van der Waals surface area contributed by atoms with Gasteiger partial charge in [0.05, 0.1) is 17.9 Å². The third kappa shape index (κ3) is 4.81. The molecule has 0 bridgehead atoms. The van der Waals surface area contributed by atoms with Gasteiger partial charge < -0.3 is 14.8 Å². The Balaban J connectivity index is 2.88. The van der Waals surface area contributed by atoms with Crippen LogP contribution in [0.3, 0.4) is 0 Å². The van der Waals surface area contributed by atoms with Gasteiger partial charge in [-0.2, -0.15) is 0 Å². The summed E-state index contributed by atoms with van der Waals surface area (Å²) < 4.78 is 24.0. The minimum absolute atomic E-state index is 0.275. The monoisotopic (exact) mass is 283 g/mol. The summed E-state index contributed by atoms with van der Waals surface area (Å²) in [4.78, 5) is 12.0.